The highest BCUT2D eigenvalue weighted by Gasteiger charge is 2.19. The van der Waals surface area contributed by atoms with Crippen molar-refractivity contribution in [2.75, 3.05) is 0 Å². The Morgan fingerprint density at radius 1 is 1.64 bits per heavy atom. The first-order valence-corrected chi connectivity index (χ1v) is 6.02. The first-order valence-electron chi connectivity index (χ1n) is 4.33. The van der Waals surface area contributed by atoms with E-state index in [2.05, 4.69) is 10.2 Å². The average molecular weight is 232 g/mol. The molecule has 1 unspecified atom stereocenters. The molecule has 0 aliphatic heterocycles. The van der Waals surface area contributed by atoms with Crippen molar-refractivity contribution in [1.29, 1.82) is 0 Å². The maximum atomic E-state index is 10.8. The van der Waals surface area contributed by atoms with E-state index in [1.807, 2.05) is 13.8 Å². The normalized spacial score (nSPS) is 12.7. The average Bonchev–Trinajstić information content (AvgIpc) is 2.50. The molecule has 0 aliphatic rings. The number of nitrogens with zero attached hydrogens (tertiary/aromatic N) is 2. The Balaban J connectivity index is 2.59. The van der Waals surface area contributed by atoms with Gasteiger partial charge in [-0.25, -0.2) is 0 Å². The zero-order chi connectivity index (χ0) is 10.6. The molecule has 1 rings (SSSR count). The third kappa shape index (κ3) is 3.26. The molecule has 6 heteroatoms. The van der Waals surface area contributed by atoms with E-state index in [1.165, 1.54) is 23.1 Å². The molecule has 0 saturated heterocycles. The summed E-state index contributed by atoms with van der Waals surface area (Å²) in [7, 11) is 0. The molecule has 0 saturated carbocycles. The van der Waals surface area contributed by atoms with Crippen LogP contribution in [0, 0.1) is 6.92 Å². The summed E-state index contributed by atoms with van der Waals surface area (Å²) in [6, 6.07) is 0. The lowest BCUT2D eigenvalue weighted by atomic mass is 10.2. The van der Waals surface area contributed by atoms with E-state index in [0.717, 1.165) is 15.8 Å². The predicted octanol–water partition coefficient (Wildman–Crippen LogP) is 2.19. The van der Waals surface area contributed by atoms with Gasteiger partial charge >= 0.3 is 5.97 Å². The second-order valence-electron chi connectivity index (χ2n) is 2.82. The summed E-state index contributed by atoms with van der Waals surface area (Å²) in [6.07, 6.45) is 1.53. The Bertz CT molecular complexity index is 314. The standard InChI is InChI=1S/C8H12N2O2S2/c1-3-4-6(7(11)12)14-8-10-9-5(2)13-8/h6H,3-4H2,1-2H3,(H,11,12). The number of hydrogen-bond acceptors (Lipinski definition) is 5. The van der Waals surface area contributed by atoms with Crippen molar-refractivity contribution in [3.8, 4) is 0 Å². The second kappa shape index (κ2) is 5.31. The third-order valence-corrected chi connectivity index (χ3v) is 3.75. The highest BCUT2D eigenvalue weighted by molar-refractivity contribution is 8.02. The molecule has 1 aromatic rings. The molecule has 0 aliphatic carbocycles. The van der Waals surface area contributed by atoms with Crippen molar-refractivity contribution in [2.45, 2.75) is 36.3 Å². The van der Waals surface area contributed by atoms with Gasteiger partial charge in [-0.05, 0) is 13.3 Å². The molecular weight excluding hydrogens is 220 g/mol. The minimum absolute atomic E-state index is 0.396. The summed E-state index contributed by atoms with van der Waals surface area (Å²) in [5, 5.41) is 17.1. The molecule has 0 fully saturated rings. The van der Waals surface area contributed by atoms with E-state index in [9.17, 15) is 4.79 Å². The maximum Gasteiger partial charge on any atom is 0.317 e. The molecule has 0 amide bonds. The molecule has 1 aromatic heterocycles. The molecule has 1 N–H and O–H groups in total. The summed E-state index contributed by atoms with van der Waals surface area (Å²) in [4.78, 5) is 10.8. The lowest BCUT2D eigenvalue weighted by Gasteiger charge is -2.06. The Morgan fingerprint density at radius 3 is 2.79 bits per heavy atom. The van der Waals surface area contributed by atoms with Gasteiger partial charge in [0.25, 0.3) is 0 Å². The van der Waals surface area contributed by atoms with Gasteiger partial charge in [0.2, 0.25) is 0 Å². The second-order valence-corrected chi connectivity index (χ2v) is 5.45. The number of rotatable bonds is 5. The molecule has 4 nitrogen and oxygen atoms in total. The predicted molar refractivity (Wildman–Crippen MR) is 56.8 cm³/mol. The monoisotopic (exact) mass is 232 g/mol. The van der Waals surface area contributed by atoms with Gasteiger partial charge in [0.05, 0.1) is 0 Å². The highest BCUT2D eigenvalue weighted by Crippen LogP contribution is 2.28. The van der Waals surface area contributed by atoms with Crippen LogP contribution in [0.1, 0.15) is 24.8 Å². The lowest BCUT2D eigenvalue weighted by Crippen LogP contribution is -2.15. The minimum atomic E-state index is -0.773. The minimum Gasteiger partial charge on any atom is -0.480 e. The fourth-order valence-corrected chi connectivity index (χ4v) is 3.05. The molecule has 14 heavy (non-hydrogen) atoms. The molecule has 0 bridgehead atoms. The van der Waals surface area contributed by atoms with Crippen molar-refractivity contribution < 1.29 is 9.90 Å². The topological polar surface area (TPSA) is 63.1 Å². The van der Waals surface area contributed by atoms with Crippen molar-refractivity contribution in [2.24, 2.45) is 0 Å². The number of thioether (sulfide) groups is 1. The number of carboxylic acids is 1. The van der Waals surface area contributed by atoms with E-state index < -0.39 is 11.2 Å². The van der Waals surface area contributed by atoms with Gasteiger partial charge < -0.3 is 5.11 Å². The van der Waals surface area contributed by atoms with Crippen molar-refractivity contribution in [3.05, 3.63) is 5.01 Å². The van der Waals surface area contributed by atoms with Gasteiger partial charge in [0.1, 0.15) is 10.3 Å². The summed E-state index contributed by atoms with van der Waals surface area (Å²) in [5.74, 6) is -0.773. The van der Waals surface area contributed by atoms with Crippen molar-refractivity contribution in [3.63, 3.8) is 0 Å². The van der Waals surface area contributed by atoms with Crippen LogP contribution in [0.5, 0.6) is 0 Å². The van der Waals surface area contributed by atoms with E-state index in [-0.39, 0.29) is 0 Å². The van der Waals surface area contributed by atoms with Gasteiger partial charge in [-0.3, -0.25) is 4.79 Å². The van der Waals surface area contributed by atoms with Crippen LogP contribution in [0.15, 0.2) is 4.34 Å². The van der Waals surface area contributed by atoms with Crippen LogP contribution in [-0.4, -0.2) is 26.5 Å². The van der Waals surface area contributed by atoms with E-state index in [1.54, 1.807) is 0 Å². The van der Waals surface area contributed by atoms with Crippen LogP contribution < -0.4 is 0 Å². The van der Waals surface area contributed by atoms with Crippen LogP contribution in [-0.2, 0) is 4.79 Å². The van der Waals surface area contributed by atoms with Crippen LogP contribution in [0.2, 0.25) is 0 Å². The first-order chi connectivity index (χ1) is 6.63. The van der Waals surface area contributed by atoms with Crippen LogP contribution in [0.4, 0.5) is 0 Å². The molecule has 1 atom stereocenters. The third-order valence-electron chi connectivity index (χ3n) is 1.58. The molecular formula is C8H12N2O2S2. The van der Waals surface area contributed by atoms with Crippen LogP contribution in [0.3, 0.4) is 0 Å². The quantitative estimate of drug-likeness (QED) is 0.788. The summed E-state index contributed by atoms with van der Waals surface area (Å²) < 4.78 is 0.739. The zero-order valence-electron chi connectivity index (χ0n) is 8.06. The van der Waals surface area contributed by atoms with Gasteiger partial charge in [0, 0.05) is 0 Å². The van der Waals surface area contributed by atoms with E-state index >= 15 is 0 Å². The van der Waals surface area contributed by atoms with Crippen LogP contribution >= 0.6 is 23.1 Å². The van der Waals surface area contributed by atoms with Crippen LogP contribution in [0.25, 0.3) is 0 Å². The number of hydrogen-bond donors (Lipinski definition) is 1. The number of aromatic nitrogens is 2. The van der Waals surface area contributed by atoms with Gasteiger partial charge in [-0.2, -0.15) is 0 Å². The van der Waals surface area contributed by atoms with Crippen molar-refractivity contribution >= 4 is 29.1 Å². The fourth-order valence-electron chi connectivity index (χ4n) is 0.943. The molecule has 0 spiro atoms. The summed E-state index contributed by atoms with van der Waals surface area (Å²) in [6.45, 7) is 3.83. The number of carbonyl (C=O) groups is 1. The van der Waals surface area contributed by atoms with Crippen molar-refractivity contribution in [1.82, 2.24) is 10.2 Å². The number of aliphatic carboxylic acids is 1. The smallest absolute Gasteiger partial charge is 0.317 e. The number of carboxylic acid groups (broad SMARTS) is 1. The first kappa shape index (κ1) is 11.5. The maximum absolute atomic E-state index is 10.8. The Kier molecular flexibility index (Phi) is 4.34. The summed E-state index contributed by atoms with van der Waals surface area (Å²) in [5.41, 5.74) is 0. The highest BCUT2D eigenvalue weighted by atomic mass is 32.2. The lowest BCUT2D eigenvalue weighted by molar-refractivity contribution is -0.136. The van der Waals surface area contributed by atoms with E-state index in [0.29, 0.717) is 6.42 Å². The number of aryl methyl sites for hydroxylation is 1. The largest absolute Gasteiger partial charge is 0.480 e. The molecule has 0 radical (unpaired) electrons. The molecule has 1 heterocycles. The summed E-state index contributed by atoms with van der Waals surface area (Å²) >= 11 is 2.72. The molecule has 78 valence electrons. The Labute approximate surface area is 90.7 Å². The van der Waals surface area contributed by atoms with Gasteiger partial charge in [0.15, 0.2) is 4.34 Å². The van der Waals surface area contributed by atoms with Gasteiger partial charge in [-0.15, -0.1) is 10.2 Å². The zero-order valence-corrected chi connectivity index (χ0v) is 9.69. The van der Waals surface area contributed by atoms with Gasteiger partial charge in [-0.1, -0.05) is 36.4 Å². The Morgan fingerprint density at radius 2 is 2.36 bits per heavy atom. The SMILES string of the molecule is CCCC(Sc1nnc(C)s1)C(=O)O. The molecule has 0 aromatic carbocycles. The fraction of sp³-hybridized carbons (Fsp3) is 0.625. The van der Waals surface area contributed by atoms with E-state index in [4.69, 9.17) is 5.11 Å². The Hall–Kier alpha value is -0.620.